The number of aliphatic carboxylic acids is 1. The number of ether oxygens (including phenoxy) is 2. The zero-order chi connectivity index (χ0) is 17.3. The number of hydrogen-bond donors (Lipinski definition) is 1. The fourth-order valence-corrected chi connectivity index (χ4v) is 2.78. The lowest BCUT2D eigenvalue weighted by molar-refractivity contribution is -0.159. The minimum Gasteiger partial charge on any atom is -0.479 e. The summed E-state index contributed by atoms with van der Waals surface area (Å²) in [5, 5.41) is 9.02. The van der Waals surface area contributed by atoms with Gasteiger partial charge in [0.2, 0.25) is 5.91 Å². The summed E-state index contributed by atoms with van der Waals surface area (Å²) in [7, 11) is 0. The molecule has 0 bridgehead atoms. The van der Waals surface area contributed by atoms with E-state index in [2.05, 4.69) is 0 Å². The number of carbonyl (C=O) groups excluding carboxylic acids is 2. The van der Waals surface area contributed by atoms with E-state index in [9.17, 15) is 14.4 Å². The van der Waals surface area contributed by atoms with Gasteiger partial charge in [-0.2, -0.15) is 0 Å². The molecule has 0 aliphatic carbocycles. The van der Waals surface area contributed by atoms with Gasteiger partial charge in [0, 0.05) is 6.54 Å². The van der Waals surface area contributed by atoms with Gasteiger partial charge >= 0.3 is 5.97 Å². The monoisotopic (exact) mass is 334 g/mol. The summed E-state index contributed by atoms with van der Waals surface area (Å²) in [6.45, 7) is 1.91. The summed E-state index contributed by atoms with van der Waals surface area (Å²) >= 11 is 0. The Balaban J connectivity index is 1.76. The first-order valence-electron chi connectivity index (χ1n) is 7.66. The average Bonchev–Trinajstić information content (AvgIpc) is 2.58. The van der Waals surface area contributed by atoms with Crippen molar-refractivity contribution in [3.8, 4) is 5.75 Å². The lowest BCUT2D eigenvalue weighted by atomic mass is 10.2. The minimum atomic E-state index is -1.10. The van der Waals surface area contributed by atoms with Crippen molar-refractivity contribution in [1.82, 2.24) is 4.90 Å². The smallest absolute Gasteiger partial charge is 0.334 e. The van der Waals surface area contributed by atoms with Gasteiger partial charge < -0.3 is 19.5 Å². The lowest BCUT2D eigenvalue weighted by Crippen LogP contribution is -2.54. The molecule has 1 aromatic rings. The third kappa shape index (κ3) is 3.05. The number of carboxylic acid groups (broad SMARTS) is 1. The Morgan fingerprint density at radius 1 is 1.33 bits per heavy atom. The van der Waals surface area contributed by atoms with E-state index >= 15 is 0 Å². The van der Waals surface area contributed by atoms with Crippen LogP contribution in [0.1, 0.15) is 6.92 Å². The molecule has 8 heteroatoms. The van der Waals surface area contributed by atoms with Gasteiger partial charge in [-0.25, -0.2) is 4.79 Å². The Bertz CT molecular complexity index is 676. The normalized spacial score (nSPS) is 23.5. The van der Waals surface area contributed by atoms with Gasteiger partial charge in [-0.05, 0) is 19.1 Å². The highest BCUT2D eigenvalue weighted by molar-refractivity contribution is 6.03. The van der Waals surface area contributed by atoms with E-state index in [4.69, 9.17) is 14.6 Å². The van der Waals surface area contributed by atoms with Crippen molar-refractivity contribution in [2.75, 3.05) is 31.1 Å². The molecule has 0 spiro atoms. The molecule has 2 aliphatic rings. The molecule has 1 aromatic carbocycles. The highest BCUT2D eigenvalue weighted by atomic mass is 16.5. The van der Waals surface area contributed by atoms with Crippen LogP contribution in [-0.4, -0.2) is 66.2 Å². The number of para-hydroxylation sites is 2. The second-order valence-corrected chi connectivity index (χ2v) is 5.69. The molecule has 1 fully saturated rings. The van der Waals surface area contributed by atoms with Crippen LogP contribution >= 0.6 is 0 Å². The topological polar surface area (TPSA) is 96.4 Å². The summed E-state index contributed by atoms with van der Waals surface area (Å²) in [6, 6.07) is 7.01. The molecule has 0 unspecified atom stereocenters. The number of amides is 2. The van der Waals surface area contributed by atoms with Crippen LogP contribution in [-0.2, 0) is 19.1 Å². The highest BCUT2D eigenvalue weighted by Gasteiger charge is 2.35. The second-order valence-electron chi connectivity index (χ2n) is 5.69. The maximum absolute atomic E-state index is 12.5. The highest BCUT2D eigenvalue weighted by Crippen LogP contribution is 2.33. The molecule has 1 N–H and O–H groups in total. The van der Waals surface area contributed by atoms with Crippen LogP contribution in [0.15, 0.2) is 24.3 Å². The maximum atomic E-state index is 12.5. The standard InChI is InChI=1S/C16H18N2O6/c1-10-15(20)18(11-4-2-3-5-12(11)24-10)9-14(19)17-6-7-23-13(8-17)16(21)22/h2-5,10,13H,6-9H2,1H3,(H,21,22)/t10-,13+/m1/s1. The fraction of sp³-hybridized carbons (Fsp3) is 0.438. The summed E-state index contributed by atoms with van der Waals surface area (Å²) in [5.41, 5.74) is 0.539. The van der Waals surface area contributed by atoms with E-state index in [1.165, 1.54) is 9.80 Å². The molecule has 2 heterocycles. The SMILES string of the molecule is C[C@H]1Oc2ccccc2N(CC(=O)N2CCO[C@H](C(=O)O)C2)C1=O. The van der Waals surface area contributed by atoms with Gasteiger partial charge in [0.25, 0.3) is 5.91 Å². The van der Waals surface area contributed by atoms with Crippen molar-refractivity contribution in [3.63, 3.8) is 0 Å². The lowest BCUT2D eigenvalue weighted by Gasteiger charge is -2.35. The molecule has 24 heavy (non-hydrogen) atoms. The number of hydrogen-bond acceptors (Lipinski definition) is 5. The molecular formula is C16H18N2O6. The number of anilines is 1. The predicted octanol–water partition coefficient (Wildman–Crippen LogP) is 0.112. The number of nitrogens with zero attached hydrogens (tertiary/aromatic N) is 2. The Morgan fingerprint density at radius 3 is 2.83 bits per heavy atom. The Hall–Kier alpha value is -2.61. The number of carboxylic acids is 1. The van der Waals surface area contributed by atoms with Gasteiger partial charge in [0.15, 0.2) is 12.2 Å². The summed E-state index contributed by atoms with van der Waals surface area (Å²) in [4.78, 5) is 38.8. The largest absolute Gasteiger partial charge is 0.479 e. The molecule has 3 rings (SSSR count). The molecule has 8 nitrogen and oxygen atoms in total. The quantitative estimate of drug-likeness (QED) is 0.843. The first-order valence-corrected chi connectivity index (χ1v) is 7.66. The van der Waals surface area contributed by atoms with Gasteiger partial charge in [-0.15, -0.1) is 0 Å². The van der Waals surface area contributed by atoms with Crippen molar-refractivity contribution < 1.29 is 29.0 Å². The van der Waals surface area contributed by atoms with Gasteiger partial charge in [-0.3, -0.25) is 14.5 Å². The minimum absolute atomic E-state index is 0.0239. The zero-order valence-electron chi connectivity index (χ0n) is 13.2. The van der Waals surface area contributed by atoms with Gasteiger partial charge in [0.1, 0.15) is 12.3 Å². The van der Waals surface area contributed by atoms with Crippen molar-refractivity contribution in [1.29, 1.82) is 0 Å². The molecule has 2 amide bonds. The molecule has 0 radical (unpaired) electrons. The first-order chi connectivity index (χ1) is 11.5. The predicted molar refractivity (Wildman–Crippen MR) is 82.8 cm³/mol. The van der Waals surface area contributed by atoms with Crippen LogP contribution in [0.2, 0.25) is 0 Å². The third-order valence-corrected chi connectivity index (χ3v) is 4.06. The van der Waals surface area contributed by atoms with Crippen molar-refractivity contribution in [2.45, 2.75) is 19.1 Å². The third-order valence-electron chi connectivity index (χ3n) is 4.06. The summed E-state index contributed by atoms with van der Waals surface area (Å²) in [6.07, 6.45) is -1.71. The Morgan fingerprint density at radius 2 is 2.08 bits per heavy atom. The van der Waals surface area contributed by atoms with Crippen LogP contribution < -0.4 is 9.64 Å². The molecule has 1 saturated heterocycles. The zero-order valence-corrected chi connectivity index (χ0v) is 13.2. The Labute approximate surface area is 138 Å². The molecule has 0 saturated carbocycles. The number of morpholine rings is 1. The van der Waals surface area contributed by atoms with E-state index in [1.807, 2.05) is 0 Å². The maximum Gasteiger partial charge on any atom is 0.334 e. The van der Waals surface area contributed by atoms with E-state index in [0.717, 1.165) is 0 Å². The van der Waals surface area contributed by atoms with Crippen LogP contribution in [0, 0.1) is 0 Å². The van der Waals surface area contributed by atoms with Crippen molar-refractivity contribution in [3.05, 3.63) is 24.3 Å². The molecule has 128 valence electrons. The van der Waals surface area contributed by atoms with E-state index < -0.39 is 18.2 Å². The van der Waals surface area contributed by atoms with Gasteiger partial charge in [-0.1, -0.05) is 12.1 Å². The summed E-state index contributed by atoms with van der Waals surface area (Å²) < 4.78 is 10.6. The van der Waals surface area contributed by atoms with Crippen molar-refractivity contribution in [2.24, 2.45) is 0 Å². The molecule has 2 aliphatic heterocycles. The number of rotatable bonds is 3. The first kappa shape index (κ1) is 16.3. The average molecular weight is 334 g/mol. The Kier molecular flexibility index (Phi) is 4.39. The van der Waals surface area contributed by atoms with Gasteiger partial charge in [0.05, 0.1) is 18.8 Å². The fourth-order valence-electron chi connectivity index (χ4n) is 2.78. The second kappa shape index (κ2) is 6.48. The van der Waals surface area contributed by atoms with Crippen molar-refractivity contribution >= 4 is 23.5 Å². The van der Waals surface area contributed by atoms with E-state index in [-0.39, 0.29) is 31.5 Å². The molecule has 2 atom stereocenters. The number of fused-ring (bicyclic) bond motifs is 1. The molecule has 0 aromatic heterocycles. The number of carbonyl (C=O) groups is 3. The van der Waals surface area contributed by atoms with Crippen LogP contribution in [0.3, 0.4) is 0 Å². The number of benzene rings is 1. The summed E-state index contributed by atoms with van der Waals surface area (Å²) in [5.74, 6) is -1.18. The van der Waals surface area contributed by atoms with Crippen LogP contribution in [0.25, 0.3) is 0 Å². The molecular weight excluding hydrogens is 316 g/mol. The van der Waals surface area contributed by atoms with Crippen LogP contribution in [0.5, 0.6) is 5.75 Å². The van der Waals surface area contributed by atoms with E-state index in [0.29, 0.717) is 18.0 Å². The van der Waals surface area contributed by atoms with E-state index in [1.54, 1.807) is 31.2 Å². The van der Waals surface area contributed by atoms with Crippen LogP contribution in [0.4, 0.5) is 5.69 Å².